The van der Waals surface area contributed by atoms with Gasteiger partial charge in [0.2, 0.25) is 5.91 Å². The molecule has 1 aliphatic heterocycles. The normalized spacial score (nSPS) is 19.6. The lowest BCUT2D eigenvalue weighted by molar-refractivity contribution is -0.138. The topological polar surface area (TPSA) is 46.3 Å². The molecule has 0 saturated carbocycles. The van der Waals surface area contributed by atoms with Gasteiger partial charge >= 0.3 is 6.18 Å². The van der Waals surface area contributed by atoms with E-state index in [2.05, 4.69) is 0 Å². The van der Waals surface area contributed by atoms with Gasteiger partial charge < -0.3 is 10.6 Å². The van der Waals surface area contributed by atoms with Crippen LogP contribution in [0.4, 0.5) is 13.2 Å². The molecule has 27 heavy (non-hydrogen) atoms. The second kappa shape index (κ2) is 8.76. The second-order valence-electron chi connectivity index (χ2n) is 6.69. The number of hydrogen-bond donors (Lipinski definition) is 1. The number of carbonyl (C=O) groups excluding carboxylic acids is 1. The van der Waals surface area contributed by atoms with Crippen molar-refractivity contribution in [2.24, 2.45) is 11.7 Å². The SMILES string of the molecule is Cl.NC[C@@H]1CN(C(=O)Cc2cccc(C(F)(F)F)c2)C[C@H]1c1ccccc1. The summed E-state index contributed by atoms with van der Waals surface area (Å²) < 4.78 is 38.5. The molecule has 2 aromatic rings. The van der Waals surface area contributed by atoms with Crippen molar-refractivity contribution >= 4 is 18.3 Å². The summed E-state index contributed by atoms with van der Waals surface area (Å²) in [5.41, 5.74) is 6.66. The van der Waals surface area contributed by atoms with Gasteiger partial charge in [0.05, 0.1) is 12.0 Å². The van der Waals surface area contributed by atoms with Gasteiger partial charge in [-0.1, -0.05) is 48.5 Å². The van der Waals surface area contributed by atoms with E-state index in [1.54, 1.807) is 11.0 Å². The molecule has 2 atom stereocenters. The van der Waals surface area contributed by atoms with Gasteiger partial charge in [0.25, 0.3) is 0 Å². The maximum atomic E-state index is 12.8. The largest absolute Gasteiger partial charge is 0.416 e. The fraction of sp³-hybridized carbons (Fsp3) is 0.350. The lowest BCUT2D eigenvalue weighted by Crippen LogP contribution is -2.31. The van der Waals surface area contributed by atoms with Crippen LogP contribution >= 0.6 is 12.4 Å². The highest BCUT2D eigenvalue weighted by atomic mass is 35.5. The third-order valence-electron chi connectivity index (χ3n) is 4.93. The van der Waals surface area contributed by atoms with Gasteiger partial charge in [0.15, 0.2) is 0 Å². The summed E-state index contributed by atoms with van der Waals surface area (Å²) in [6, 6.07) is 14.8. The average Bonchev–Trinajstić information content (AvgIpc) is 3.06. The predicted molar refractivity (Wildman–Crippen MR) is 101 cm³/mol. The third kappa shape index (κ3) is 5.02. The van der Waals surface area contributed by atoms with E-state index in [1.165, 1.54) is 6.07 Å². The number of likely N-dealkylation sites (tertiary alicyclic amines) is 1. The van der Waals surface area contributed by atoms with Gasteiger partial charge in [-0.2, -0.15) is 13.2 Å². The van der Waals surface area contributed by atoms with Crippen LogP contribution < -0.4 is 5.73 Å². The zero-order chi connectivity index (χ0) is 18.7. The van der Waals surface area contributed by atoms with Crippen LogP contribution in [0.25, 0.3) is 0 Å². The smallest absolute Gasteiger partial charge is 0.341 e. The molecule has 0 aromatic heterocycles. The average molecular weight is 399 g/mol. The van der Waals surface area contributed by atoms with Crippen molar-refractivity contribution < 1.29 is 18.0 Å². The van der Waals surface area contributed by atoms with Crippen molar-refractivity contribution in [2.75, 3.05) is 19.6 Å². The summed E-state index contributed by atoms with van der Waals surface area (Å²) in [7, 11) is 0. The molecular formula is C20H22ClF3N2O. The molecule has 0 radical (unpaired) electrons. The number of halogens is 4. The first-order valence-electron chi connectivity index (χ1n) is 8.57. The molecule has 1 fully saturated rings. The van der Waals surface area contributed by atoms with E-state index in [1.807, 2.05) is 30.3 Å². The Bertz CT molecular complexity index is 767. The van der Waals surface area contributed by atoms with Crippen LogP contribution in [0.1, 0.15) is 22.6 Å². The van der Waals surface area contributed by atoms with E-state index < -0.39 is 11.7 Å². The van der Waals surface area contributed by atoms with Crippen LogP contribution in [0, 0.1) is 5.92 Å². The number of amides is 1. The molecule has 0 bridgehead atoms. The maximum absolute atomic E-state index is 12.8. The molecule has 1 saturated heterocycles. The standard InChI is InChI=1S/C20H21F3N2O.ClH/c21-20(22,23)17-8-4-5-14(9-17)10-19(26)25-12-16(11-24)18(13-25)15-6-2-1-3-7-15;/h1-9,16,18H,10-13,24H2;1H/t16-,18+;/m1./s1. The Morgan fingerprint density at radius 1 is 1.07 bits per heavy atom. The van der Waals surface area contributed by atoms with Gasteiger partial charge in [0.1, 0.15) is 0 Å². The molecule has 146 valence electrons. The van der Waals surface area contributed by atoms with Gasteiger partial charge in [0, 0.05) is 19.0 Å². The highest BCUT2D eigenvalue weighted by molar-refractivity contribution is 5.85. The molecule has 1 heterocycles. The minimum absolute atomic E-state index is 0. The Kier molecular flexibility index (Phi) is 6.89. The van der Waals surface area contributed by atoms with Crippen molar-refractivity contribution in [3.63, 3.8) is 0 Å². The molecule has 1 aliphatic rings. The molecule has 3 nitrogen and oxygen atoms in total. The fourth-order valence-corrected chi connectivity index (χ4v) is 3.54. The summed E-state index contributed by atoms with van der Waals surface area (Å²) in [4.78, 5) is 14.3. The van der Waals surface area contributed by atoms with Crippen LogP contribution in [0.5, 0.6) is 0 Å². The number of alkyl halides is 3. The minimum atomic E-state index is -4.41. The van der Waals surface area contributed by atoms with Crippen LogP contribution in [-0.2, 0) is 17.4 Å². The van der Waals surface area contributed by atoms with E-state index >= 15 is 0 Å². The molecule has 2 N–H and O–H groups in total. The predicted octanol–water partition coefficient (Wildman–Crippen LogP) is 3.87. The van der Waals surface area contributed by atoms with E-state index in [4.69, 9.17) is 5.73 Å². The first-order valence-corrected chi connectivity index (χ1v) is 8.57. The zero-order valence-electron chi connectivity index (χ0n) is 14.7. The van der Waals surface area contributed by atoms with Gasteiger partial charge in [-0.05, 0) is 29.7 Å². The summed E-state index contributed by atoms with van der Waals surface area (Å²) in [5.74, 6) is 0.149. The molecule has 1 amide bonds. The molecule has 0 aliphatic carbocycles. The van der Waals surface area contributed by atoms with E-state index in [9.17, 15) is 18.0 Å². The van der Waals surface area contributed by atoms with Crippen LogP contribution in [0.3, 0.4) is 0 Å². The van der Waals surface area contributed by atoms with Crippen LogP contribution in [0.2, 0.25) is 0 Å². The van der Waals surface area contributed by atoms with Gasteiger partial charge in [-0.15, -0.1) is 12.4 Å². The fourth-order valence-electron chi connectivity index (χ4n) is 3.54. The van der Waals surface area contributed by atoms with Crippen LogP contribution in [0.15, 0.2) is 54.6 Å². The summed E-state index contributed by atoms with van der Waals surface area (Å²) in [6.45, 7) is 1.55. The van der Waals surface area contributed by atoms with Crippen molar-refractivity contribution in [1.29, 1.82) is 0 Å². The first-order chi connectivity index (χ1) is 12.4. The number of carbonyl (C=O) groups is 1. The molecule has 2 aromatic carbocycles. The lowest BCUT2D eigenvalue weighted by atomic mass is 9.89. The number of hydrogen-bond acceptors (Lipinski definition) is 2. The third-order valence-corrected chi connectivity index (χ3v) is 4.93. The van der Waals surface area contributed by atoms with Crippen molar-refractivity contribution in [3.8, 4) is 0 Å². The number of rotatable bonds is 4. The summed E-state index contributed by atoms with van der Waals surface area (Å²) in [5, 5.41) is 0. The molecular weight excluding hydrogens is 377 g/mol. The van der Waals surface area contributed by atoms with E-state index in [-0.39, 0.29) is 36.6 Å². The number of benzene rings is 2. The Morgan fingerprint density at radius 3 is 2.41 bits per heavy atom. The van der Waals surface area contributed by atoms with E-state index in [0.29, 0.717) is 25.2 Å². The van der Waals surface area contributed by atoms with Crippen molar-refractivity contribution in [1.82, 2.24) is 4.90 Å². The molecule has 0 spiro atoms. The maximum Gasteiger partial charge on any atom is 0.416 e. The van der Waals surface area contributed by atoms with Crippen LogP contribution in [-0.4, -0.2) is 30.4 Å². The number of nitrogens with two attached hydrogens (primary N) is 1. The highest BCUT2D eigenvalue weighted by Gasteiger charge is 2.35. The molecule has 0 unspecified atom stereocenters. The summed E-state index contributed by atoms with van der Waals surface area (Å²) >= 11 is 0. The molecule has 7 heteroatoms. The minimum Gasteiger partial charge on any atom is -0.341 e. The summed E-state index contributed by atoms with van der Waals surface area (Å²) in [6.07, 6.45) is -4.45. The second-order valence-corrected chi connectivity index (χ2v) is 6.69. The Morgan fingerprint density at radius 2 is 1.78 bits per heavy atom. The Labute approximate surface area is 162 Å². The Balaban J connectivity index is 0.00000261. The van der Waals surface area contributed by atoms with Gasteiger partial charge in [-0.3, -0.25) is 4.79 Å². The zero-order valence-corrected chi connectivity index (χ0v) is 15.5. The highest BCUT2D eigenvalue weighted by Crippen LogP contribution is 2.33. The first kappa shape index (κ1) is 21.3. The monoisotopic (exact) mass is 398 g/mol. The van der Waals surface area contributed by atoms with Crippen molar-refractivity contribution in [3.05, 3.63) is 71.3 Å². The Hall–Kier alpha value is -2.05. The molecule has 3 rings (SSSR count). The van der Waals surface area contributed by atoms with E-state index in [0.717, 1.165) is 17.7 Å². The lowest BCUT2D eigenvalue weighted by Gasteiger charge is -2.17. The quantitative estimate of drug-likeness (QED) is 0.849. The van der Waals surface area contributed by atoms with Crippen molar-refractivity contribution in [2.45, 2.75) is 18.5 Å². The number of nitrogens with zero attached hydrogens (tertiary/aromatic N) is 1. The van der Waals surface area contributed by atoms with Gasteiger partial charge in [-0.25, -0.2) is 0 Å².